The zero-order chi connectivity index (χ0) is 13.4. The molecule has 3 rings (SSSR count). The van der Waals surface area contributed by atoms with Gasteiger partial charge in [-0.05, 0) is 12.1 Å². The van der Waals surface area contributed by atoms with Crippen LogP contribution in [0.3, 0.4) is 0 Å². The van der Waals surface area contributed by atoms with Crippen LogP contribution in [0.2, 0.25) is 0 Å². The third-order valence-corrected chi connectivity index (χ3v) is 3.21. The van der Waals surface area contributed by atoms with E-state index >= 15 is 0 Å². The molecule has 0 bridgehead atoms. The summed E-state index contributed by atoms with van der Waals surface area (Å²) >= 11 is 0. The zero-order valence-electron chi connectivity index (χ0n) is 10.00. The van der Waals surface area contributed by atoms with Gasteiger partial charge in [0.15, 0.2) is 0 Å². The van der Waals surface area contributed by atoms with Crippen LogP contribution >= 0.6 is 0 Å². The average molecular weight is 260 g/mol. The van der Waals surface area contributed by atoms with Crippen LogP contribution in [0.1, 0.15) is 17.2 Å². The number of fused-ring (bicyclic) bond motifs is 1. The average Bonchev–Trinajstić information content (AvgIpc) is 2.77. The van der Waals surface area contributed by atoms with E-state index < -0.39 is 11.9 Å². The molecule has 1 aromatic heterocycles. The van der Waals surface area contributed by atoms with Gasteiger partial charge in [0.05, 0.1) is 30.2 Å². The zero-order valence-corrected chi connectivity index (χ0v) is 10.00. The summed E-state index contributed by atoms with van der Waals surface area (Å²) < 4.78 is 6.54. The number of carboxylic acids is 1. The Morgan fingerprint density at radius 2 is 2.11 bits per heavy atom. The van der Waals surface area contributed by atoms with Gasteiger partial charge >= 0.3 is 5.97 Å². The van der Waals surface area contributed by atoms with Gasteiger partial charge in [-0.3, -0.25) is 14.7 Å². The van der Waals surface area contributed by atoms with Crippen LogP contribution in [-0.2, 0) is 16.1 Å². The second-order valence-electron chi connectivity index (χ2n) is 4.39. The summed E-state index contributed by atoms with van der Waals surface area (Å²) in [4.78, 5) is 23.4. The van der Waals surface area contributed by atoms with Crippen LogP contribution < -0.4 is 5.56 Å². The van der Waals surface area contributed by atoms with Crippen molar-refractivity contribution in [1.29, 1.82) is 0 Å². The molecule has 1 unspecified atom stereocenters. The quantitative estimate of drug-likeness (QED) is 0.839. The summed E-state index contributed by atoms with van der Waals surface area (Å²) in [6, 6.07) is 9.03. The Bertz CT molecular complexity index is 672. The molecule has 6 heteroatoms. The van der Waals surface area contributed by atoms with E-state index in [0.29, 0.717) is 16.9 Å². The third kappa shape index (κ3) is 1.86. The number of aromatic amines is 1. The Morgan fingerprint density at radius 3 is 2.79 bits per heavy atom. The summed E-state index contributed by atoms with van der Waals surface area (Å²) in [6.07, 6.45) is 0. The molecular weight excluding hydrogens is 248 g/mol. The van der Waals surface area contributed by atoms with Crippen molar-refractivity contribution >= 4 is 5.97 Å². The van der Waals surface area contributed by atoms with Crippen molar-refractivity contribution in [3.8, 4) is 5.69 Å². The molecule has 0 radical (unpaired) electrons. The van der Waals surface area contributed by atoms with Gasteiger partial charge in [-0.1, -0.05) is 18.2 Å². The molecule has 0 saturated heterocycles. The first kappa shape index (κ1) is 11.7. The number of carbonyl (C=O) groups is 1. The minimum atomic E-state index is -0.998. The standard InChI is InChI=1S/C13H12N2O4/c16-12-9-6-19-7-10(13(17)18)11(9)14-15(12)8-4-2-1-3-5-8/h1-5,10,14H,6-7H2,(H,17,18). The number of hydrogen-bond acceptors (Lipinski definition) is 3. The van der Waals surface area contributed by atoms with Gasteiger partial charge < -0.3 is 9.84 Å². The highest BCUT2D eigenvalue weighted by Gasteiger charge is 2.31. The minimum Gasteiger partial charge on any atom is -0.481 e. The van der Waals surface area contributed by atoms with Gasteiger partial charge in [-0.2, -0.15) is 0 Å². The molecule has 0 fully saturated rings. The Balaban J connectivity index is 2.16. The number of H-pyrrole nitrogens is 1. The molecule has 19 heavy (non-hydrogen) atoms. The van der Waals surface area contributed by atoms with E-state index in [1.807, 2.05) is 18.2 Å². The molecular formula is C13H12N2O4. The van der Waals surface area contributed by atoms with Crippen LogP contribution in [0.25, 0.3) is 5.69 Å². The number of benzene rings is 1. The first-order valence-electron chi connectivity index (χ1n) is 5.88. The molecule has 2 N–H and O–H groups in total. The largest absolute Gasteiger partial charge is 0.481 e. The third-order valence-electron chi connectivity index (χ3n) is 3.21. The molecule has 6 nitrogen and oxygen atoms in total. The van der Waals surface area contributed by atoms with Crippen LogP contribution in [-0.4, -0.2) is 27.5 Å². The first-order valence-corrected chi connectivity index (χ1v) is 5.88. The van der Waals surface area contributed by atoms with E-state index in [1.54, 1.807) is 12.1 Å². The number of nitrogens with zero attached hydrogens (tertiary/aromatic N) is 1. The number of rotatable bonds is 2. The number of hydrogen-bond donors (Lipinski definition) is 2. The number of aromatic nitrogens is 2. The van der Waals surface area contributed by atoms with Gasteiger partial charge in [-0.15, -0.1) is 0 Å². The van der Waals surface area contributed by atoms with Gasteiger partial charge in [-0.25, -0.2) is 4.68 Å². The van der Waals surface area contributed by atoms with Crippen molar-refractivity contribution in [2.24, 2.45) is 0 Å². The predicted molar refractivity (Wildman–Crippen MR) is 66.4 cm³/mol. The normalized spacial score (nSPS) is 18.0. The summed E-state index contributed by atoms with van der Waals surface area (Å²) in [7, 11) is 0. The fraction of sp³-hybridized carbons (Fsp3) is 0.231. The van der Waals surface area contributed by atoms with Crippen molar-refractivity contribution < 1.29 is 14.6 Å². The van der Waals surface area contributed by atoms with Crippen LogP contribution in [0.4, 0.5) is 0 Å². The second-order valence-corrected chi connectivity index (χ2v) is 4.39. The molecule has 1 atom stereocenters. The number of nitrogens with one attached hydrogen (secondary N) is 1. The predicted octanol–water partition coefficient (Wildman–Crippen LogP) is 0.864. The second kappa shape index (κ2) is 4.40. The summed E-state index contributed by atoms with van der Waals surface area (Å²) in [5, 5.41) is 12.0. The van der Waals surface area contributed by atoms with Crippen LogP contribution in [0.5, 0.6) is 0 Å². The SMILES string of the molecule is O=C(O)C1COCc2c1[nH]n(-c1ccccc1)c2=O. The maximum absolute atomic E-state index is 12.2. The lowest BCUT2D eigenvalue weighted by Gasteiger charge is -2.17. The number of carboxylic acid groups (broad SMARTS) is 1. The summed E-state index contributed by atoms with van der Waals surface area (Å²) in [5.74, 6) is -1.82. The maximum atomic E-state index is 12.2. The Labute approximate surface area is 108 Å². The monoisotopic (exact) mass is 260 g/mol. The van der Waals surface area contributed by atoms with Crippen LogP contribution in [0.15, 0.2) is 35.1 Å². The molecule has 98 valence electrons. The van der Waals surface area contributed by atoms with E-state index in [4.69, 9.17) is 9.84 Å². The Hall–Kier alpha value is -2.34. The minimum absolute atomic E-state index is 0.0804. The van der Waals surface area contributed by atoms with Gasteiger partial charge in [0.2, 0.25) is 0 Å². The molecule has 0 saturated carbocycles. The first-order chi connectivity index (χ1) is 9.18. The topological polar surface area (TPSA) is 84.3 Å². The highest BCUT2D eigenvalue weighted by Crippen LogP contribution is 2.23. The van der Waals surface area contributed by atoms with E-state index in [-0.39, 0.29) is 18.8 Å². The Kier molecular flexibility index (Phi) is 2.72. The number of ether oxygens (including phenoxy) is 1. The molecule has 1 aliphatic rings. The van der Waals surface area contributed by atoms with E-state index in [9.17, 15) is 9.59 Å². The maximum Gasteiger partial charge on any atom is 0.314 e. The van der Waals surface area contributed by atoms with Gasteiger partial charge in [0.1, 0.15) is 5.92 Å². The van der Waals surface area contributed by atoms with Crippen molar-refractivity contribution in [2.45, 2.75) is 12.5 Å². The van der Waals surface area contributed by atoms with E-state index in [1.165, 1.54) is 4.68 Å². The van der Waals surface area contributed by atoms with Crippen molar-refractivity contribution in [3.05, 3.63) is 51.9 Å². The fourth-order valence-electron chi connectivity index (χ4n) is 2.23. The molecule has 1 aliphatic heterocycles. The lowest BCUT2D eigenvalue weighted by atomic mass is 10.0. The van der Waals surface area contributed by atoms with E-state index in [2.05, 4.69) is 5.10 Å². The van der Waals surface area contributed by atoms with Crippen molar-refractivity contribution in [2.75, 3.05) is 6.61 Å². The lowest BCUT2D eigenvalue weighted by molar-refractivity contribution is -0.141. The molecule has 0 spiro atoms. The lowest BCUT2D eigenvalue weighted by Crippen LogP contribution is -2.25. The van der Waals surface area contributed by atoms with Crippen molar-refractivity contribution in [1.82, 2.24) is 9.78 Å². The summed E-state index contributed by atoms with van der Waals surface area (Å²) in [6.45, 7) is 0.228. The van der Waals surface area contributed by atoms with Gasteiger partial charge in [0.25, 0.3) is 5.56 Å². The molecule has 0 amide bonds. The summed E-state index contributed by atoms with van der Waals surface area (Å²) in [5.41, 5.74) is 1.24. The molecule has 2 heterocycles. The Morgan fingerprint density at radius 1 is 1.37 bits per heavy atom. The smallest absolute Gasteiger partial charge is 0.314 e. The number of aliphatic carboxylic acids is 1. The van der Waals surface area contributed by atoms with E-state index in [0.717, 1.165) is 0 Å². The molecule has 0 aliphatic carbocycles. The molecule has 1 aromatic carbocycles. The highest BCUT2D eigenvalue weighted by molar-refractivity contribution is 5.76. The fourth-order valence-corrected chi connectivity index (χ4v) is 2.23. The number of para-hydroxylation sites is 1. The van der Waals surface area contributed by atoms with Crippen molar-refractivity contribution in [3.63, 3.8) is 0 Å². The highest BCUT2D eigenvalue weighted by atomic mass is 16.5. The van der Waals surface area contributed by atoms with Gasteiger partial charge in [0, 0.05) is 0 Å². The van der Waals surface area contributed by atoms with Crippen LogP contribution in [0, 0.1) is 0 Å². The molecule has 2 aromatic rings.